The summed E-state index contributed by atoms with van der Waals surface area (Å²) < 4.78 is 50.2. The fourth-order valence-electron chi connectivity index (χ4n) is 2.70. The van der Waals surface area contributed by atoms with Gasteiger partial charge in [0.25, 0.3) is 15.9 Å². The molecule has 0 aliphatic heterocycles. The van der Waals surface area contributed by atoms with Crippen molar-refractivity contribution < 1.29 is 22.0 Å². The molecule has 2 aromatic rings. The minimum Gasteiger partial charge on any atom is -0.273 e. The van der Waals surface area contributed by atoms with E-state index in [-0.39, 0.29) is 0 Å². The lowest BCUT2D eigenvalue weighted by Gasteiger charge is -2.16. The summed E-state index contributed by atoms with van der Waals surface area (Å²) >= 11 is 1.34. The highest BCUT2D eigenvalue weighted by molar-refractivity contribution is 7.89. The third-order valence-corrected chi connectivity index (χ3v) is 6.53. The van der Waals surface area contributed by atoms with Crippen molar-refractivity contribution in [1.82, 2.24) is 10.3 Å². The smallest absolute Gasteiger partial charge is 0.273 e. The van der Waals surface area contributed by atoms with E-state index in [1.165, 1.54) is 11.3 Å². The van der Waals surface area contributed by atoms with E-state index in [9.17, 15) is 22.0 Å². The largest absolute Gasteiger partial charge is 0.276 e. The van der Waals surface area contributed by atoms with E-state index in [0.29, 0.717) is 22.9 Å². The van der Waals surface area contributed by atoms with Crippen LogP contribution in [-0.4, -0.2) is 14.3 Å². The molecule has 0 bridgehead atoms. The van der Waals surface area contributed by atoms with Gasteiger partial charge in [-0.05, 0) is 55.0 Å². The average molecular weight is 386 g/mol. The second kappa shape index (κ2) is 6.81. The Balaban J connectivity index is 1.70. The van der Waals surface area contributed by atoms with E-state index in [4.69, 9.17) is 0 Å². The number of hydrogen-bond donors (Lipinski definition) is 2. The first kappa shape index (κ1) is 18.0. The van der Waals surface area contributed by atoms with Gasteiger partial charge in [0.05, 0.1) is 9.77 Å². The van der Waals surface area contributed by atoms with Crippen LogP contribution < -0.4 is 10.3 Å². The molecule has 134 valence electrons. The number of benzene rings is 1. The molecule has 2 N–H and O–H groups in total. The van der Waals surface area contributed by atoms with Crippen molar-refractivity contribution in [2.45, 2.75) is 31.1 Å². The number of halogens is 2. The van der Waals surface area contributed by atoms with E-state index >= 15 is 0 Å². The zero-order valence-electron chi connectivity index (χ0n) is 13.3. The maximum absolute atomic E-state index is 13.2. The van der Waals surface area contributed by atoms with Gasteiger partial charge in [-0.2, -0.15) is 0 Å². The van der Waals surface area contributed by atoms with Crippen LogP contribution in [0.5, 0.6) is 0 Å². The lowest BCUT2D eigenvalue weighted by atomic mass is 9.90. The third-order valence-electron chi connectivity index (χ3n) is 4.05. The highest BCUT2D eigenvalue weighted by atomic mass is 32.2. The van der Waals surface area contributed by atoms with Crippen molar-refractivity contribution >= 4 is 27.3 Å². The fourth-order valence-corrected chi connectivity index (χ4v) is 4.65. The van der Waals surface area contributed by atoms with E-state index in [1.807, 2.05) is 4.83 Å². The van der Waals surface area contributed by atoms with Gasteiger partial charge >= 0.3 is 0 Å². The van der Waals surface area contributed by atoms with Crippen molar-refractivity contribution in [2.75, 3.05) is 0 Å². The molecule has 3 rings (SSSR count). The zero-order valence-corrected chi connectivity index (χ0v) is 14.9. The summed E-state index contributed by atoms with van der Waals surface area (Å²) in [7, 11) is -4.20. The number of amides is 1. The van der Waals surface area contributed by atoms with Crippen molar-refractivity contribution in [2.24, 2.45) is 5.92 Å². The molecule has 0 spiro atoms. The number of hydrazine groups is 1. The number of nitrogens with one attached hydrogen (secondary N) is 2. The molecule has 1 amide bonds. The van der Waals surface area contributed by atoms with Crippen molar-refractivity contribution in [3.05, 3.63) is 51.2 Å². The Morgan fingerprint density at radius 2 is 2.00 bits per heavy atom. The fraction of sp³-hybridized carbons (Fsp3) is 0.312. The highest BCUT2D eigenvalue weighted by Gasteiger charge is 2.22. The molecule has 5 nitrogen and oxygen atoms in total. The Morgan fingerprint density at radius 3 is 2.72 bits per heavy atom. The van der Waals surface area contributed by atoms with Gasteiger partial charge in [0, 0.05) is 4.88 Å². The summed E-state index contributed by atoms with van der Waals surface area (Å²) in [4.78, 5) is 15.2. The molecule has 25 heavy (non-hydrogen) atoms. The van der Waals surface area contributed by atoms with Crippen LogP contribution in [-0.2, 0) is 22.9 Å². The number of thiophene rings is 1. The van der Waals surface area contributed by atoms with Crippen LogP contribution in [0.2, 0.25) is 0 Å². The predicted octanol–water partition coefficient (Wildman–Crippen LogP) is 2.77. The van der Waals surface area contributed by atoms with Crippen LogP contribution >= 0.6 is 11.3 Å². The Labute approximate surface area is 148 Å². The van der Waals surface area contributed by atoms with Crippen LogP contribution in [0.25, 0.3) is 0 Å². The Kier molecular flexibility index (Phi) is 4.90. The molecule has 1 aromatic heterocycles. The van der Waals surface area contributed by atoms with Crippen LogP contribution in [0, 0.1) is 17.6 Å². The molecule has 1 heterocycles. The summed E-state index contributed by atoms with van der Waals surface area (Å²) in [6, 6.07) is 3.95. The minimum atomic E-state index is -4.20. The summed E-state index contributed by atoms with van der Waals surface area (Å²) in [5, 5.41) is 0. The molecule has 1 aliphatic carbocycles. The van der Waals surface area contributed by atoms with E-state index in [2.05, 4.69) is 12.3 Å². The van der Waals surface area contributed by atoms with Crippen LogP contribution in [0.4, 0.5) is 8.78 Å². The molecular weight excluding hydrogens is 370 g/mol. The standard InChI is InChI=1S/C16H16F2N2O3S2/c1-9-2-5-14-10(6-9)7-15(24-14)16(21)19-20-25(22,23)11-3-4-12(17)13(18)8-11/h3-4,7-9,20H,2,5-6H2,1H3,(H,19,21)/t9-/m0/s1. The van der Waals surface area contributed by atoms with Gasteiger partial charge in [0.2, 0.25) is 0 Å². The number of carbonyl (C=O) groups is 1. The second-order valence-electron chi connectivity index (χ2n) is 6.04. The van der Waals surface area contributed by atoms with Gasteiger partial charge in [0.1, 0.15) is 0 Å². The molecule has 0 unspecified atom stereocenters. The first-order valence-electron chi connectivity index (χ1n) is 7.65. The number of fused-ring (bicyclic) bond motifs is 1. The van der Waals surface area contributed by atoms with E-state index < -0.39 is 32.5 Å². The molecule has 0 saturated carbocycles. The van der Waals surface area contributed by atoms with Crippen LogP contribution in [0.3, 0.4) is 0 Å². The Hall–Kier alpha value is -1.84. The molecule has 0 radical (unpaired) electrons. The maximum atomic E-state index is 13.2. The number of aryl methyl sites for hydroxylation is 1. The first-order chi connectivity index (χ1) is 11.8. The van der Waals surface area contributed by atoms with E-state index in [0.717, 1.165) is 35.8 Å². The van der Waals surface area contributed by atoms with Gasteiger partial charge in [0.15, 0.2) is 11.6 Å². The van der Waals surface area contributed by atoms with Gasteiger partial charge in [-0.15, -0.1) is 16.2 Å². The normalized spacial score (nSPS) is 17.2. The van der Waals surface area contributed by atoms with Crippen LogP contribution in [0.15, 0.2) is 29.2 Å². The zero-order chi connectivity index (χ0) is 18.2. The molecule has 1 atom stereocenters. The summed E-state index contributed by atoms with van der Waals surface area (Å²) in [5.41, 5.74) is 3.23. The lowest BCUT2D eigenvalue weighted by molar-refractivity contribution is 0.0949. The second-order valence-corrected chi connectivity index (χ2v) is 8.86. The molecule has 0 saturated heterocycles. The molecule has 1 aromatic carbocycles. The predicted molar refractivity (Wildman–Crippen MR) is 89.7 cm³/mol. The summed E-state index contributed by atoms with van der Waals surface area (Å²) in [6.45, 7) is 2.15. The minimum absolute atomic E-state index is 0.409. The molecular formula is C16H16F2N2O3S2. The highest BCUT2D eigenvalue weighted by Crippen LogP contribution is 2.32. The van der Waals surface area contributed by atoms with Gasteiger partial charge in [-0.1, -0.05) is 6.92 Å². The SMILES string of the molecule is C[C@H]1CCc2sc(C(=O)NNS(=O)(=O)c3ccc(F)c(F)c3)cc2C1. The van der Waals surface area contributed by atoms with Gasteiger partial charge < -0.3 is 0 Å². The van der Waals surface area contributed by atoms with Gasteiger partial charge in [-0.25, -0.2) is 17.2 Å². The van der Waals surface area contributed by atoms with Gasteiger partial charge in [-0.3, -0.25) is 10.2 Å². The van der Waals surface area contributed by atoms with Crippen LogP contribution in [0.1, 0.15) is 33.5 Å². The van der Waals surface area contributed by atoms with Crippen molar-refractivity contribution in [3.63, 3.8) is 0 Å². The summed E-state index contributed by atoms with van der Waals surface area (Å²) in [6.07, 6.45) is 2.88. The summed E-state index contributed by atoms with van der Waals surface area (Å²) in [5.74, 6) is -2.46. The lowest BCUT2D eigenvalue weighted by Crippen LogP contribution is -2.41. The van der Waals surface area contributed by atoms with E-state index in [1.54, 1.807) is 6.07 Å². The third kappa shape index (κ3) is 3.88. The number of hydrogen-bond acceptors (Lipinski definition) is 4. The molecule has 1 aliphatic rings. The Bertz CT molecular complexity index is 925. The topological polar surface area (TPSA) is 75.3 Å². The average Bonchev–Trinajstić information content (AvgIpc) is 2.98. The number of carbonyl (C=O) groups excluding carboxylic acids is 1. The van der Waals surface area contributed by atoms with Crippen molar-refractivity contribution in [1.29, 1.82) is 0 Å². The molecule has 0 fully saturated rings. The number of rotatable bonds is 4. The monoisotopic (exact) mass is 386 g/mol. The maximum Gasteiger partial charge on any atom is 0.276 e. The Morgan fingerprint density at radius 1 is 1.24 bits per heavy atom. The number of sulfonamides is 1. The molecule has 9 heteroatoms. The van der Waals surface area contributed by atoms with Crippen molar-refractivity contribution in [3.8, 4) is 0 Å². The quantitative estimate of drug-likeness (QED) is 0.794. The first-order valence-corrected chi connectivity index (χ1v) is 9.95.